The second kappa shape index (κ2) is 6.23. The topological polar surface area (TPSA) is 42.0 Å². The number of rotatable bonds is 6. The molecule has 0 amide bonds. The van der Waals surface area contributed by atoms with E-state index >= 15 is 0 Å². The van der Waals surface area contributed by atoms with Crippen LogP contribution in [0.4, 0.5) is 0 Å². The van der Waals surface area contributed by atoms with E-state index in [0.717, 1.165) is 25.3 Å². The van der Waals surface area contributed by atoms with E-state index in [0.29, 0.717) is 0 Å². The average Bonchev–Trinajstić information content (AvgIpc) is 2.55. The molecule has 1 rings (SSSR count). The van der Waals surface area contributed by atoms with E-state index in [1.807, 2.05) is 11.7 Å². The van der Waals surface area contributed by atoms with Gasteiger partial charge in [0.05, 0.1) is 5.51 Å². The molecule has 1 aromatic heterocycles. The second-order valence-electron chi connectivity index (χ2n) is 2.78. The van der Waals surface area contributed by atoms with Crippen molar-refractivity contribution in [1.29, 1.82) is 0 Å². The summed E-state index contributed by atoms with van der Waals surface area (Å²) >= 11 is 1.65. The number of thiazole rings is 1. The molecule has 5 heteroatoms. The predicted molar refractivity (Wildman–Crippen MR) is 57.4 cm³/mol. The van der Waals surface area contributed by atoms with Crippen molar-refractivity contribution in [2.45, 2.75) is 13.0 Å². The Bertz CT molecular complexity index is 249. The van der Waals surface area contributed by atoms with Crippen molar-refractivity contribution in [2.24, 2.45) is 0 Å². The van der Waals surface area contributed by atoms with Gasteiger partial charge >= 0.3 is 0 Å². The van der Waals surface area contributed by atoms with Crippen LogP contribution in [0.3, 0.4) is 0 Å². The number of aromatic nitrogens is 1. The van der Waals surface area contributed by atoms with Crippen LogP contribution in [0.25, 0.3) is 0 Å². The Balaban J connectivity index is 1.99. The van der Waals surface area contributed by atoms with Crippen molar-refractivity contribution >= 4 is 22.1 Å². The quantitative estimate of drug-likeness (QED) is 0.724. The molecular weight excluding hydrogens is 204 g/mol. The van der Waals surface area contributed by atoms with E-state index in [4.69, 9.17) is 0 Å². The molecule has 0 radical (unpaired) electrons. The summed E-state index contributed by atoms with van der Waals surface area (Å²) in [6.45, 7) is 1.80. The van der Waals surface area contributed by atoms with Gasteiger partial charge in [-0.05, 0) is 13.0 Å². The molecule has 3 nitrogen and oxygen atoms in total. The zero-order valence-corrected chi connectivity index (χ0v) is 9.29. The van der Waals surface area contributed by atoms with Gasteiger partial charge in [0.2, 0.25) is 0 Å². The Morgan fingerprint density at radius 3 is 3.15 bits per heavy atom. The van der Waals surface area contributed by atoms with Crippen LogP contribution in [-0.2, 0) is 17.3 Å². The predicted octanol–water partition coefficient (Wildman–Crippen LogP) is 1.00. The van der Waals surface area contributed by atoms with Crippen molar-refractivity contribution < 1.29 is 4.21 Å². The zero-order valence-electron chi connectivity index (χ0n) is 7.66. The molecule has 1 unspecified atom stereocenters. The molecule has 74 valence electrons. The Kier molecular flexibility index (Phi) is 5.19. The first kappa shape index (κ1) is 10.8. The highest BCUT2D eigenvalue weighted by molar-refractivity contribution is 7.84. The van der Waals surface area contributed by atoms with E-state index in [2.05, 4.69) is 10.3 Å². The minimum absolute atomic E-state index is 0.655. The first-order valence-electron chi connectivity index (χ1n) is 4.17. The van der Waals surface area contributed by atoms with E-state index in [1.54, 1.807) is 17.6 Å². The SMILES string of the molecule is CS(=O)CCCNCc1cncs1. The maximum atomic E-state index is 10.7. The van der Waals surface area contributed by atoms with E-state index < -0.39 is 10.8 Å². The maximum absolute atomic E-state index is 10.7. The molecule has 0 aromatic carbocycles. The van der Waals surface area contributed by atoms with E-state index in [-0.39, 0.29) is 0 Å². The van der Waals surface area contributed by atoms with Gasteiger partial charge in [-0.1, -0.05) is 0 Å². The van der Waals surface area contributed by atoms with Crippen LogP contribution in [-0.4, -0.2) is 27.7 Å². The number of nitrogens with one attached hydrogen (secondary N) is 1. The summed E-state index contributed by atoms with van der Waals surface area (Å²) in [6, 6.07) is 0. The summed E-state index contributed by atoms with van der Waals surface area (Å²) in [5.41, 5.74) is 1.83. The summed E-state index contributed by atoms with van der Waals surface area (Å²) in [6.07, 6.45) is 4.58. The third-order valence-electron chi connectivity index (χ3n) is 1.57. The van der Waals surface area contributed by atoms with Gasteiger partial charge in [0, 0.05) is 40.4 Å². The monoisotopic (exact) mass is 218 g/mol. The largest absolute Gasteiger partial charge is 0.312 e. The lowest BCUT2D eigenvalue weighted by Gasteiger charge is -2.00. The number of nitrogens with zero attached hydrogens (tertiary/aromatic N) is 1. The first-order valence-corrected chi connectivity index (χ1v) is 6.78. The molecule has 1 atom stereocenters. The zero-order chi connectivity index (χ0) is 9.52. The van der Waals surface area contributed by atoms with Gasteiger partial charge < -0.3 is 5.32 Å². The number of hydrogen-bond acceptors (Lipinski definition) is 4. The minimum Gasteiger partial charge on any atom is -0.312 e. The van der Waals surface area contributed by atoms with Gasteiger partial charge in [-0.25, -0.2) is 0 Å². The van der Waals surface area contributed by atoms with Crippen LogP contribution in [0, 0.1) is 0 Å². The molecule has 0 spiro atoms. The van der Waals surface area contributed by atoms with E-state index in [9.17, 15) is 4.21 Å². The summed E-state index contributed by atoms with van der Waals surface area (Å²) in [7, 11) is -0.655. The van der Waals surface area contributed by atoms with Gasteiger partial charge in [0.25, 0.3) is 0 Å². The van der Waals surface area contributed by atoms with Gasteiger partial charge in [-0.2, -0.15) is 0 Å². The molecule has 0 bridgehead atoms. The fourth-order valence-corrected chi connectivity index (χ4v) is 2.06. The summed E-state index contributed by atoms with van der Waals surface area (Å²) < 4.78 is 10.7. The Morgan fingerprint density at radius 1 is 1.69 bits per heavy atom. The van der Waals surface area contributed by atoms with Gasteiger partial charge in [0.1, 0.15) is 0 Å². The fraction of sp³-hybridized carbons (Fsp3) is 0.625. The second-order valence-corrected chi connectivity index (χ2v) is 5.30. The molecule has 0 fully saturated rings. The number of hydrogen-bond donors (Lipinski definition) is 1. The lowest BCUT2D eigenvalue weighted by molar-refractivity contribution is 0.665. The van der Waals surface area contributed by atoms with Crippen LogP contribution in [0.5, 0.6) is 0 Å². The molecule has 1 aromatic rings. The highest BCUT2D eigenvalue weighted by Gasteiger charge is 1.94. The van der Waals surface area contributed by atoms with Crippen molar-refractivity contribution in [1.82, 2.24) is 10.3 Å². The molecular formula is C8H14N2OS2. The van der Waals surface area contributed by atoms with Crippen LogP contribution in [0.1, 0.15) is 11.3 Å². The molecule has 1 heterocycles. The highest BCUT2D eigenvalue weighted by Crippen LogP contribution is 2.03. The molecule has 0 aliphatic rings. The molecule has 1 N–H and O–H groups in total. The summed E-state index contributed by atoms with van der Waals surface area (Å²) in [4.78, 5) is 5.23. The maximum Gasteiger partial charge on any atom is 0.0794 e. The van der Waals surface area contributed by atoms with Gasteiger partial charge in [0.15, 0.2) is 0 Å². The Hall–Kier alpha value is -0.260. The molecule has 0 aliphatic heterocycles. The van der Waals surface area contributed by atoms with Crippen molar-refractivity contribution in [2.75, 3.05) is 18.6 Å². The summed E-state index contributed by atoms with van der Waals surface area (Å²) in [5.74, 6) is 0.787. The Labute approximate surface area is 85.0 Å². The van der Waals surface area contributed by atoms with E-state index in [1.165, 1.54) is 4.88 Å². The normalized spacial score (nSPS) is 13.0. The van der Waals surface area contributed by atoms with Crippen LogP contribution in [0.2, 0.25) is 0 Å². The lowest BCUT2D eigenvalue weighted by atomic mass is 10.4. The third kappa shape index (κ3) is 5.13. The smallest absolute Gasteiger partial charge is 0.0794 e. The van der Waals surface area contributed by atoms with Crippen LogP contribution in [0.15, 0.2) is 11.7 Å². The van der Waals surface area contributed by atoms with Crippen LogP contribution >= 0.6 is 11.3 Å². The third-order valence-corrected chi connectivity index (χ3v) is 3.21. The highest BCUT2D eigenvalue weighted by atomic mass is 32.2. The van der Waals surface area contributed by atoms with Crippen molar-refractivity contribution in [3.05, 3.63) is 16.6 Å². The molecule has 0 saturated carbocycles. The van der Waals surface area contributed by atoms with Crippen LogP contribution < -0.4 is 5.32 Å². The Morgan fingerprint density at radius 2 is 2.54 bits per heavy atom. The van der Waals surface area contributed by atoms with Gasteiger partial charge in [-0.15, -0.1) is 11.3 Å². The fourth-order valence-electron chi connectivity index (χ4n) is 0.941. The summed E-state index contributed by atoms with van der Waals surface area (Å²) in [5, 5.41) is 3.28. The van der Waals surface area contributed by atoms with Crippen molar-refractivity contribution in [3.63, 3.8) is 0 Å². The minimum atomic E-state index is -0.655. The average molecular weight is 218 g/mol. The van der Waals surface area contributed by atoms with Gasteiger partial charge in [-0.3, -0.25) is 9.19 Å². The lowest BCUT2D eigenvalue weighted by Crippen LogP contribution is -2.15. The van der Waals surface area contributed by atoms with Crippen molar-refractivity contribution in [3.8, 4) is 0 Å². The molecule has 0 saturated heterocycles. The molecule has 0 aliphatic carbocycles. The first-order chi connectivity index (χ1) is 6.29. The molecule has 13 heavy (non-hydrogen) atoms. The standard InChI is InChI=1S/C8H14N2OS2/c1-13(11)4-2-3-9-5-8-6-10-7-12-8/h6-7,9H,2-5H2,1H3.